The fourth-order valence-electron chi connectivity index (χ4n) is 0.989. The molecule has 12 heavy (non-hydrogen) atoms. The van der Waals surface area contributed by atoms with Crippen LogP contribution in [0.5, 0.6) is 0 Å². The summed E-state index contributed by atoms with van der Waals surface area (Å²) in [4.78, 5) is 8.29. The van der Waals surface area contributed by atoms with Crippen LogP contribution < -0.4 is 4.61 Å². The summed E-state index contributed by atoms with van der Waals surface area (Å²) in [6.07, 6.45) is 1.76. The van der Waals surface area contributed by atoms with Crippen LogP contribution in [0.15, 0.2) is 10.8 Å². The molecule has 0 saturated heterocycles. The standard InChI is InChI=1S/C6H4AsBrN4/c1-12-5-3(4(8)11-12)2-9-6(7)10-5/h2H,1H3. The van der Waals surface area contributed by atoms with Crippen molar-refractivity contribution in [2.45, 2.75) is 0 Å². The molecule has 0 aromatic carbocycles. The van der Waals surface area contributed by atoms with Crippen LogP contribution in [0, 0.1) is 0 Å². The van der Waals surface area contributed by atoms with E-state index in [1.54, 1.807) is 10.9 Å². The molecule has 2 aromatic rings. The minimum absolute atomic E-state index is 0.700. The second kappa shape index (κ2) is 2.82. The Morgan fingerprint density at radius 3 is 3.08 bits per heavy atom. The van der Waals surface area contributed by atoms with E-state index in [4.69, 9.17) is 0 Å². The van der Waals surface area contributed by atoms with Crippen LogP contribution in [0.1, 0.15) is 0 Å². The van der Waals surface area contributed by atoms with Gasteiger partial charge in [0.1, 0.15) is 0 Å². The van der Waals surface area contributed by atoms with E-state index in [9.17, 15) is 0 Å². The zero-order valence-electron chi connectivity index (χ0n) is 6.19. The van der Waals surface area contributed by atoms with Gasteiger partial charge >= 0.3 is 86.0 Å². The Labute approximate surface area is 86.0 Å². The SMILES string of the molecule is Cn1nc(Br)c2cnc([As])nc21. The van der Waals surface area contributed by atoms with Gasteiger partial charge in [-0.2, -0.15) is 0 Å². The molecular weight excluding hydrogens is 283 g/mol. The first-order valence-corrected chi connectivity index (χ1v) is 4.96. The monoisotopic (exact) mass is 286 g/mol. The summed E-state index contributed by atoms with van der Waals surface area (Å²) >= 11 is 5.63. The summed E-state index contributed by atoms with van der Waals surface area (Å²) in [5.41, 5.74) is 0.840. The van der Waals surface area contributed by atoms with E-state index in [0.717, 1.165) is 15.6 Å². The second-order valence-corrected chi connectivity index (χ2v) is 3.91. The maximum atomic E-state index is 4.23. The van der Waals surface area contributed by atoms with Crippen LogP contribution >= 0.6 is 15.9 Å². The molecule has 2 heterocycles. The van der Waals surface area contributed by atoms with Crippen molar-refractivity contribution < 1.29 is 0 Å². The molecule has 6 heteroatoms. The summed E-state index contributed by atoms with van der Waals surface area (Å²) in [5, 5.41) is 5.09. The maximum absolute atomic E-state index is 4.23. The number of nitrogens with zero attached hydrogens (tertiary/aromatic N) is 4. The van der Waals surface area contributed by atoms with E-state index >= 15 is 0 Å². The number of aryl methyl sites for hydroxylation is 1. The Hall–Kier alpha value is -0.412. The van der Waals surface area contributed by atoms with E-state index in [-0.39, 0.29) is 0 Å². The topological polar surface area (TPSA) is 43.6 Å². The minimum atomic E-state index is 0.700. The molecule has 0 fully saturated rings. The van der Waals surface area contributed by atoms with Gasteiger partial charge in [0.15, 0.2) is 0 Å². The first-order chi connectivity index (χ1) is 5.68. The first kappa shape index (κ1) is 8.20. The molecule has 2 radical (unpaired) electrons. The number of hydrogen-bond acceptors (Lipinski definition) is 3. The van der Waals surface area contributed by atoms with Crippen molar-refractivity contribution in [3.63, 3.8) is 0 Å². The Bertz CT molecular complexity index is 438. The second-order valence-electron chi connectivity index (χ2n) is 2.32. The van der Waals surface area contributed by atoms with Gasteiger partial charge in [-0.05, 0) is 0 Å². The first-order valence-electron chi connectivity index (χ1n) is 3.22. The number of fused-ring (bicyclic) bond motifs is 1. The Morgan fingerprint density at radius 2 is 2.33 bits per heavy atom. The predicted octanol–water partition coefficient (Wildman–Crippen LogP) is -0.0804. The Kier molecular flexibility index (Phi) is 1.92. The molecule has 0 amide bonds. The third-order valence-electron chi connectivity index (χ3n) is 1.52. The van der Waals surface area contributed by atoms with Crippen LogP contribution in [-0.4, -0.2) is 36.6 Å². The van der Waals surface area contributed by atoms with Crippen LogP contribution in [-0.2, 0) is 7.05 Å². The number of rotatable bonds is 0. The molecule has 0 aliphatic heterocycles. The molecule has 0 saturated carbocycles. The number of aromatic nitrogens is 4. The van der Waals surface area contributed by atoms with Crippen molar-refractivity contribution in [2.24, 2.45) is 7.05 Å². The van der Waals surface area contributed by atoms with Gasteiger partial charge in [-0.25, -0.2) is 0 Å². The van der Waals surface area contributed by atoms with E-state index < -0.39 is 0 Å². The molecule has 0 spiro atoms. The summed E-state index contributed by atoms with van der Waals surface area (Å²) in [7, 11) is 1.85. The van der Waals surface area contributed by atoms with Gasteiger partial charge in [-0.3, -0.25) is 0 Å². The van der Waals surface area contributed by atoms with E-state index in [1.807, 2.05) is 7.05 Å². The van der Waals surface area contributed by atoms with Gasteiger partial charge in [-0.1, -0.05) is 0 Å². The normalized spacial score (nSPS) is 10.9. The average Bonchev–Trinajstić information content (AvgIpc) is 2.28. The molecule has 2 rings (SSSR count). The van der Waals surface area contributed by atoms with E-state index in [0.29, 0.717) is 4.61 Å². The van der Waals surface area contributed by atoms with Crippen molar-refractivity contribution in [1.82, 2.24) is 19.7 Å². The molecule has 2 aromatic heterocycles. The van der Waals surface area contributed by atoms with Crippen molar-refractivity contribution in [2.75, 3.05) is 0 Å². The van der Waals surface area contributed by atoms with Crippen molar-refractivity contribution in [3.05, 3.63) is 10.8 Å². The van der Waals surface area contributed by atoms with E-state index in [2.05, 4.69) is 47.8 Å². The molecule has 60 valence electrons. The molecule has 0 bridgehead atoms. The van der Waals surface area contributed by atoms with Gasteiger partial charge in [0.2, 0.25) is 0 Å². The van der Waals surface area contributed by atoms with Gasteiger partial charge in [0.05, 0.1) is 0 Å². The summed E-state index contributed by atoms with van der Waals surface area (Å²) in [5.74, 6) is 0. The number of hydrogen-bond donors (Lipinski definition) is 0. The zero-order valence-corrected chi connectivity index (χ0v) is 9.65. The van der Waals surface area contributed by atoms with Crippen LogP contribution in [0.4, 0.5) is 0 Å². The molecule has 0 aliphatic rings. The van der Waals surface area contributed by atoms with Crippen LogP contribution in [0.3, 0.4) is 0 Å². The predicted molar refractivity (Wildman–Crippen MR) is 49.4 cm³/mol. The van der Waals surface area contributed by atoms with Crippen LogP contribution in [0.2, 0.25) is 0 Å². The molecule has 0 unspecified atom stereocenters. The Morgan fingerprint density at radius 1 is 1.58 bits per heavy atom. The molecule has 0 atom stereocenters. The van der Waals surface area contributed by atoms with Crippen LogP contribution in [0.25, 0.3) is 11.0 Å². The molecule has 4 nitrogen and oxygen atoms in total. The van der Waals surface area contributed by atoms with Gasteiger partial charge in [0, 0.05) is 0 Å². The van der Waals surface area contributed by atoms with Crippen molar-refractivity contribution >= 4 is 48.4 Å². The summed E-state index contributed by atoms with van der Waals surface area (Å²) < 4.78 is 3.20. The fraction of sp³-hybridized carbons (Fsp3) is 0.167. The fourth-order valence-corrected chi connectivity index (χ4v) is 1.83. The van der Waals surface area contributed by atoms with Gasteiger partial charge in [-0.15, -0.1) is 0 Å². The van der Waals surface area contributed by atoms with Crippen molar-refractivity contribution in [1.29, 1.82) is 0 Å². The third-order valence-corrected chi connectivity index (χ3v) is 2.56. The molecule has 0 aliphatic carbocycles. The Balaban J connectivity index is 2.90. The number of halogens is 1. The van der Waals surface area contributed by atoms with E-state index in [1.165, 1.54) is 0 Å². The summed E-state index contributed by atoms with van der Waals surface area (Å²) in [6.45, 7) is 0. The van der Waals surface area contributed by atoms with Gasteiger partial charge < -0.3 is 0 Å². The van der Waals surface area contributed by atoms with Gasteiger partial charge in [0.25, 0.3) is 0 Å². The third kappa shape index (κ3) is 1.17. The molecular formula is C6H4AsBrN4. The van der Waals surface area contributed by atoms with Crippen molar-refractivity contribution in [3.8, 4) is 0 Å². The average molecular weight is 287 g/mol. The quantitative estimate of drug-likeness (QED) is 0.637. The zero-order chi connectivity index (χ0) is 8.72. The summed E-state index contributed by atoms with van der Waals surface area (Å²) in [6, 6.07) is 0. The molecule has 0 N–H and O–H groups in total.